The van der Waals surface area contributed by atoms with Crippen LogP contribution in [0.4, 0.5) is 11.4 Å². The molecule has 0 spiro atoms. The zero-order valence-electron chi connectivity index (χ0n) is 12.5. The molecule has 106 valence electrons. The second-order valence-corrected chi connectivity index (χ2v) is 6.08. The van der Waals surface area contributed by atoms with Crippen LogP contribution in [0.1, 0.15) is 40.5 Å². The van der Waals surface area contributed by atoms with Crippen LogP contribution in [0.5, 0.6) is 5.75 Å². The van der Waals surface area contributed by atoms with Crippen LogP contribution >= 0.6 is 0 Å². The van der Waals surface area contributed by atoms with Gasteiger partial charge in [-0.05, 0) is 58.6 Å². The molecule has 1 aliphatic carbocycles. The first kappa shape index (κ1) is 14.0. The van der Waals surface area contributed by atoms with Crippen LogP contribution in [0.3, 0.4) is 0 Å². The van der Waals surface area contributed by atoms with E-state index in [2.05, 4.69) is 30.9 Å². The topological polar surface area (TPSA) is 38.5 Å². The molecule has 0 radical (unpaired) electrons. The molecule has 0 heterocycles. The summed E-state index contributed by atoms with van der Waals surface area (Å²) in [6.45, 7) is 9.67. The number of ether oxygens (including phenoxy) is 1. The van der Waals surface area contributed by atoms with E-state index in [1.54, 1.807) is 0 Å². The molecule has 1 aromatic rings. The van der Waals surface area contributed by atoms with Crippen molar-refractivity contribution in [1.29, 1.82) is 0 Å². The highest BCUT2D eigenvalue weighted by atomic mass is 16.5. The van der Waals surface area contributed by atoms with Crippen LogP contribution in [0.25, 0.3) is 0 Å². The van der Waals surface area contributed by atoms with E-state index in [4.69, 9.17) is 10.5 Å². The van der Waals surface area contributed by atoms with Crippen molar-refractivity contribution >= 4 is 11.4 Å². The number of nitrogens with zero attached hydrogens (tertiary/aromatic N) is 1. The van der Waals surface area contributed by atoms with Crippen molar-refractivity contribution in [3.8, 4) is 5.75 Å². The molecule has 0 unspecified atom stereocenters. The Morgan fingerprint density at radius 2 is 1.95 bits per heavy atom. The predicted octanol–water partition coefficient (Wildman–Crippen LogP) is 3.68. The van der Waals surface area contributed by atoms with Gasteiger partial charge in [0.05, 0.1) is 11.8 Å². The Kier molecular flexibility index (Phi) is 4.23. The van der Waals surface area contributed by atoms with E-state index in [1.807, 2.05) is 19.9 Å². The lowest BCUT2D eigenvalue weighted by Crippen LogP contribution is -2.32. The third-order valence-electron chi connectivity index (χ3n) is 3.47. The van der Waals surface area contributed by atoms with E-state index in [0.29, 0.717) is 11.7 Å². The van der Waals surface area contributed by atoms with Gasteiger partial charge in [0.1, 0.15) is 5.75 Å². The molecule has 0 atom stereocenters. The van der Waals surface area contributed by atoms with E-state index >= 15 is 0 Å². The highest BCUT2D eigenvalue weighted by Gasteiger charge is 2.26. The average Bonchev–Trinajstić information content (AvgIpc) is 3.12. The Hall–Kier alpha value is -1.38. The lowest BCUT2D eigenvalue weighted by molar-refractivity contribution is 0.244. The lowest BCUT2D eigenvalue weighted by atomic mass is 10.2. The van der Waals surface area contributed by atoms with Crippen LogP contribution in [0.2, 0.25) is 0 Å². The van der Waals surface area contributed by atoms with Crippen LogP contribution < -0.4 is 15.4 Å². The molecule has 1 aliphatic rings. The van der Waals surface area contributed by atoms with E-state index in [-0.39, 0.29) is 6.10 Å². The standard InChI is InChI=1S/C16H26N2O/c1-11(2)18(10-13-5-6-13)14-7-8-15(17)16(9-14)19-12(3)4/h7-9,11-13H,5-6,10,17H2,1-4H3. The molecular formula is C16H26N2O. The summed E-state index contributed by atoms with van der Waals surface area (Å²) in [4.78, 5) is 2.45. The molecule has 0 amide bonds. The number of nitrogens with two attached hydrogens (primary N) is 1. The number of rotatable bonds is 6. The minimum Gasteiger partial charge on any atom is -0.489 e. The molecule has 2 rings (SSSR count). The summed E-state index contributed by atoms with van der Waals surface area (Å²) < 4.78 is 5.78. The van der Waals surface area contributed by atoms with Gasteiger partial charge in [0.2, 0.25) is 0 Å². The first-order valence-electron chi connectivity index (χ1n) is 7.30. The zero-order chi connectivity index (χ0) is 14.0. The molecule has 2 N–H and O–H groups in total. The molecule has 3 nitrogen and oxygen atoms in total. The number of hydrogen-bond donors (Lipinski definition) is 1. The van der Waals surface area contributed by atoms with Gasteiger partial charge in [0, 0.05) is 24.3 Å². The lowest BCUT2D eigenvalue weighted by Gasteiger charge is -2.30. The summed E-state index contributed by atoms with van der Waals surface area (Å²) in [5.41, 5.74) is 7.91. The first-order chi connectivity index (χ1) is 8.97. The van der Waals surface area contributed by atoms with Gasteiger partial charge in [-0.2, -0.15) is 0 Å². The summed E-state index contributed by atoms with van der Waals surface area (Å²) in [6.07, 6.45) is 2.88. The fourth-order valence-corrected chi connectivity index (χ4v) is 2.25. The number of nitrogen functional groups attached to an aromatic ring is 1. The van der Waals surface area contributed by atoms with Gasteiger partial charge in [-0.1, -0.05) is 0 Å². The molecular weight excluding hydrogens is 236 g/mol. The third kappa shape index (κ3) is 3.79. The zero-order valence-corrected chi connectivity index (χ0v) is 12.5. The second kappa shape index (κ2) is 5.72. The minimum atomic E-state index is 0.147. The van der Waals surface area contributed by atoms with E-state index < -0.39 is 0 Å². The van der Waals surface area contributed by atoms with Crippen molar-refractivity contribution in [3.63, 3.8) is 0 Å². The van der Waals surface area contributed by atoms with Gasteiger partial charge in [0.25, 0.3) is 0 Å². The maximum Gasteiger partial charge on any atom is 0.144 e. The molecule has 1 aromatic carbocycles. The fourth-order valence-electron chi connectivity index (χ4n) is 2.25. The molecule has 0 aromatic heterocycles. The smallest absolute Gasteiger partial charge is 0.144 e. The maximum absolute atomic E-state index is 5.98. The summed E-state index contributed by atoms with van der Waals surface area (Å²) in [6, 6.07) is 6.63. The van der Waals surface area contributed by atoms with Crippen LogP contribution in [-0.4, -0.2) is 18.7 Å². The number of hydrogen-bond acceptors (Lipinski definition) is 3. The van der Waals surface area contributed by atoms with E-state index in [0.717, 1.165) is 18.2 Å². The van der Waals surface area contributed by atoms with Crippen LogP contribution in [-0.2, 0) is 0 Å². The molecule has 0 bridgehead atoms. The molecule has 19 heavy (non-hydrogen) atoms. The third-order valence-corrected chi connectivity index (χ3v) is 3.47. The van der Waals surface area contributed by atoms with E-state index in [9.17, 15) is 0 Å². The Labute approximate surface area is 116 Å². The number of benzene rings is 1. The largest absolute Gasteiger partial charge is 0.489 e. The Morgan fingerprint density at radius 1 is 1.26 bits per heavy atom. The maximum atomic E-state index is 5.98. The highest BCUT2D eigenvalue weighted by molar-refractivity contribution is 5.62. The Balaban J connectivity index is 2.20. The van der Waals surface area contributed by atoms with Crippen molar-refractivity contribution in [1.82, 2.24) is 0 Å². The van der Waals surface area contributed by atoms with Crippen LogP contribution in [0, 0.1) is 5.92 Å². The van der Waals surface area contributed by atoms with Crippen molar-refractivity contribution < 1.29 is 4.74 Å². The van der Waals surface area contributed by atoms with Gasteiger partial charge in [-0.3, -0.25) is 0 Å². The number of anilines is 2. The average molecular weight is 262 g/mol. The SMILES string of the molecule is CC(C)Oc1cc(N(CC2CC2)C(C)C)ccc1N. The molecule has 1 fully saturated rings. The molecule has 0 saturated heterocycles. The minimum absolute atomic E-state index is 0.147. The highest BCUT2D eigenvalue weighted by Crippen LogP contribution is 2.34. The Morgan fingerprint density at radius 3 is 2.47 bits per heavy atom. The summed E-state index contributed by atoms with van der Waals surface area (Å²) in [5.74, 6) is 1.67. The molecule has 1 saturated carbocycles. The molecule has 3 heteroatoms. The van der Waals surface area contributed by atoms with Gasteiger partial charge in [0.15, 0.2) is 0 Å². The van der Waals surface area contributed by atoms with Crippen molar-refractivity contribution in [3.05, 3.63) is 18.2 Å². The van der Waals surface area contributed by atoms with Gasteiger partial charge in [-0.15, -0.1) is 0 Å². The summed E-state index contributed by atoms with van der Waals surface area (Å²) in [7, 11) is 0. The van der Waals surface area contributed by atoms with Gasteiger partial charge in [-0.25, -0.2) is 0 Å². The second-order valence-electron chi connectivity index (χ2n) is 6.08. The monoisotopic (exact) mass is 262 g/mol. The fraction of sp³-hybridized carbons (Fsp3) is 0.625. The van der Waals surface area contributed by atoms with Crippen molar-refractivity contribution in [2.75, 3.05) is 17.2 Å². The van der Waals surface area contributed by atoms with Crippen molar-refractivity contribution in [2.45, 2.75) is 52.7 Å². The van der Waals surface area contributed by atoms with Gasteiger partial charge >= 0.3 is 0 Å². The summed E-state index contributed by atoms with van der Waals surface area (Å²) in [5, 5.41) is 0. The van der Waals surface area contributed by atoms with Gasteiger partial charge < -0.3 is 15.4 Å². The van der Waals surface area contributed by atoms with Crippen molar-refractivity contribution in [2.24, 2.45) is 5.92 Å². The van der Waals surface area contributed by atoms with E-state index in [1.165, 1.54) is 18.5 Å². The normalized spacial score (nSPS) is 15.1. The molecule has 0 aliphatic heterocycles. The Bertz CT molecular complexity index is 425. The van der Waals surface area contributed by atoms with Crippen LogP contribution in [0.15, 0.2) is 18.2 Å². The summed E-state index contributed by atoms with van der Waals surface area (Å²) >= 11 is 0. The first-order valence-corrected chi connectivity index (χ1v) is 7.30. The predicted molar refractivity (Wildman–Crippen MR) is 81.8 cm³/mol. The quantitative estimate of drug-likeness (QED) is 0.795.